The molecular formula is C19H15ClN4O5S. The number of non-ortho nitro benzene ring substituents is 1. The van der Waals surface area contributed by atoms with Gasteiger partial charge in [-0.05, 0) is 60.7 Å². The van der Waals surface area contributed by atoms with E-state index in [1.54, 1.807) is 24.3 Å². The van der Waals surface area contributed by atoms with E-state index in [4.69, 9.17) is 11.6 Å². The highest BCUT2D eigenvalue weighted by Gasteiger charge is 2.14. The molecule has 3 aromatic carbocycles. The van der Waals surface area contributed by atoms with Crippen molar-refractivity contribution in [3.05, 3.63) is 87.9 Å². The molecule has 3 rings (SSSR count). The largest absolute Gasteiger partial charge is 0.323 e. The summed E-state index contributed by atoms with van der Waals surface area (Å²) in [5.41, 5.74) is 0.998. The van der Waals surface area contributed by atoms with Crippen molar-refractivity contribution < 1.29 is 18.1 Å². The number of halogens is 1. The first kappa shape index (κ1) is 21.1. The Kier molecular flexibility index (Phi) is 6.19. The number of hydrogen-bond acceptors (Lipinski definition) is 5. The van der Waals surface area contributed by atoms with Gasteiger partial charge in [-0.1, -0.05) is 11.6 Å². The normalized spacial score (nSPS) is 10.8. The van der Waals surface area contributed by atoms with Gasteiger partial charge in [0.2, 0.25) is 0 Å². The fourth-order valence-electron chi connectivity index (χ4n) is 2.41. The quantitative estimate of drug-likeness (QED) is 0.373. The minimum atomic E-state index is -3.81. The third-order valence-electron chi connectivity index (χ3n) is 3.85. The first-order valence-electron chi connectivity index (χ1n) is 8.44. The summed E-state index contributed by atoms with van der Waals surface area (Å²) in [6.07, 6.45) is 0. The number of urea groups is 1. The third kappa shape index (κ3) is 5.46. The minimum absolute atomic E-state index is 0.0128. The molecule has 154 valence electrons. The predicted molar refractivity (Wildman–Crippen MR) is 114 cm³/mol. The van der Waals surface area contributed by atoms with E-state index in [1.165, 1.54) is 48.5 Å². The van der Waals surface area contributed by atoms with Crippen molar-refractivity contribution in [1.82, 2.24) is 0 Å². The zero-order valence-electron chi connectivity index (χ0n) is 15.2. The van der Waals surface area contributed by atoms with E-state index in [0.717, 1.165) is 0 Å². The molecular weight excluding hydrogens is 432 g/mol. The standard InChI is InChI=1S/C19H15ClN4O5S/c20-13-1-3-16(4-2-13)23-30(28,29)18-11-7-15(8-12-18)22-19(25)21-14-5-9-17(10-6-14)24(26)27/h1-12,23H,(H2,21,22,25). The SMILES string of the molecule is O=C(Nc1ccc([N+](=O)[O-])cc1)Nc1ccc(S(=O)(=O)Nc2ccc(Cl)cc2)cc1. The van der Waals surface area contributed by atoms with E-state index in [1.807, 2.05) is 0 Å². The van der Waals surface area contributed by atoms with E-state index in [2.05, 4.69) is 15.4 Å². The van der Waals surface area contributed by atoms with E-state index < -0.39 is 21.0 Å². The smallest absolute Gasteiger partial charge is 0.308 e. The van der Waals surface area contributed by atoms with E-state index in [0.29, 0.717) is 22.1 Å². The lowest BCUT2D eigenvalue weighted by Crippen LogP contribution is -2.19. The third-order valence-corrected chi connectivity index (χ3v) is 5.50. The van der Waals surface area contributed by atoms with Crippen LogP contribution in [-0.2, 0) is 10.0 Å². The molecule has 0 radical (unpaired) electrons. The molecule has 0 saturated heterocycles. The number of hydrogen-bond donors (Lipinski definition) is 3. The summed E-state index contributed by atoms with van der Waals surface area (Å²) in [7, 11) is -3.81. The van der Waals surface area contributed by atoms with Crippen LogP contribution in [0.15, 0.2) is 77.7 Å². The van der Waals surface area contributed by atoms with Crippen molar-refractivity contribution >= 4 is 50.4 Å². The molecule has 0 heterocycles. The summed E-state index contributed by atoms with van der Waals surface area (Å²) in [5, 5.41) is 16.2. The molecule has 0 fully saturated rings. The second kappa shape index (κ2) is 8.80. The maximum atomic E-state index is 12.4. The molecule has 0 aliphatic rings. The van der Waals surface area contributed by atoms with Crippen molar-refractivity contribution in [3.8, 4) is 0 Å². The second-order valence-electron chi connectivity index (χ2n) is 6.02. The number of amides is 2. The van der Waals surface area contributed by atoms with Gasteiger partial charge >= 0.3 is 6.03 Å². The summed E-state index contributed by atoms with van der Waals surface area (Å²) < 4.78 is 27.3. The van der Waals surface area contributed by atoms with Crippen LogP contribution in [0.5, 0.6) is 0 Å². The average molecular weight is 447 g/mol. The molecule has 9 nitrogen and oxygen atoms in total. The number of nitro benzene ring substituents is 1. The van der Waals surface area contributed by atoms with Gasteiger partial charge in [0.05, 0.1) is 9.82 Å². The Balaban J connectivity index is 1.62. The lowest BCUT2D eigenvalue weighted by Gasteiger charge is -2.10. The Hall–Kier alpha value is -3.63. The number of nitrogens with zero attached hydrogens (tertiary/aromatic N) is 1. The highest BCUT2D eigenvalue weighted by atomic mass is 35.5. The minimum Gasteiger partial charge on any atom is -0.308 e. The molecule has 0 unspecified atom stereocenters. The second-order valence-corrected chi connectivity index (χ2v) is 8.14. The molecule has 3 aromatic rings. The first-order valence-corrected chi connectivity index (χ1v) is 10.3. The number of carbonyl (C=O) groups is 1. The molecule has 2 amide bonds. The lowest BCUT2D eigenvalue weighted by molar-refractivity contribution is -0.384. The molecule has 0 atom stereocenters. The monoisotopic (exact) mass is 446 g/mol. The van der Waals surface area contributed by atoms with E-state index in [9.17, 15) is 23.3 Å². The zero-order valence-corrected chi connectivity index (χ0v) is 16.8. The molecule has 0 aliphatic heterocycles. The number of anilines is 3. The van der Waals surface area contributed by atoms with Gasteiger partial charge in [0, 0.05) is 34.2 Å². The maximum Gasteiger partial charge on any atom is 0.323 e. The topological polar surface area (TPSA) is 130 Å². The van der Waals surface area contributed by atoms with Crippen molar-refractivity contribution in [2.75, 3.05) is 15.4 Å². The lowest BCUT2D eigenvalue weighted by atomic mass is 10.3. The highest BCUT2D eigenvalue weighted by molar-refractivity contribution is 7.92. The molecule has 30 heavy (non-hydrogen) atoms. The van der Waals surface area contributed by atoms with Gasteiger partial charge in [-0.15, -0.1) is 0 Å². The summed E-state index contributed by atoms with van der Waals surface area (Å²) in [6, 6.07) is 16.5. The summed E-state index contributed by atoms with van der Waals surface area (Å²) in [6.45, 7) is 0. The van der Waals surface area contributed by atoms with Gasteiger partial charge in [-0.25, -0.2) is 13.2 Å². The molecule has 0 bridgehead atoms. The Bertz CT molecular complexity index is 1170. The van der Waals surface area contributed by atoms with Gasteiger partial charge in [0.25, 0.3) is 15.7 Å². The summed E-state index contributed by atoms with van der Waals surface area (Å²) >= 11 is 5.79. The fraction of sp³-hybridized carbons (Fsp3) is 0. The van der Waals surface area contributed by atoms with Gasteiger partial charge < -0.3 is 10.6 Å². The van der Waals surface area contributed by atoms with Crippen LogP contribution >= 0.6 is 11.6 Å². The number of nitro groups is 1. The summed E-state index contributed by atoms with van der Waals surface area (Å²) in [4.78, 5) is 22.2. The molecule has 0 saturated carbocycles. The van der Waals surface area contributed by atoms with Gasteiger partial charge in [0.15, 0.2) is 0 Å². The predicted octanol–water partition coefficient (Wildman–Crippen LogP) is 4.69. The Morgan fingerprint density at radius 1 is 0.800 bits per heavy atom. The number of rotatable bonds is 6. The zero-order chi connectivity index (χ0) is 21.7. The van der Waals surface area contributed by atoms with Crippen LogP contribution in [0.4, 0.5) is 27.5 Å². The van der Waals surface area contributed by atoms with Crippen LogP contribution in [-0.4, -0.2) is 19.4 Å². The van der Waals surface area contributed by atoms with Crippen molar-refractivity contribution in [3.63, 3.8) is 0 Å². The Morgan fingerprint density at radius 3 is 1.77 bits per heavy atom. The molecule has 0 aliphatic carbocycles. The van der Waals surface area contributed by atoms with Crippen LogP contribution in [0, 0.1) is 10.1 Å². The summed E-state index contributed by atoms with van der Waals surface area (Å²) in [5.74, 6) is 0. The Morgan fingerprint density at radius 2 is 1.27 bits per heavy atom. The van der Waals surface area contributed by atoms with Crippen LogP contribution < -0.4 is 15.4 Å². The molecule has 11 heteroatoms. The van der Waals surface area contributed by atoms with E-state index in [-0.39, 0.29) is 10.6 Å². The first-order chi connectivity index (χ1) is 14.2. The number of sulfonamides is 1. The number of nitrogens with one attached hydrogen (secondary N) is 3. The maximum absolute atomic E-state index is 12.4. The van der Waals surface area contributed by atoms with Crippen molar-refractivity contribution in [2.45, 2.75) is 4.90 Å². The van der Waals surface area contributed by atoms with Gasteiger partial charge in [-0.3, -0.25) is 14.8 Å². The fourth-order valence-corrected chi connectivity index (χ4v) is 3.59. The van der Waals surface area contributed by atoms with Crippen LogP contribution in [0.2, 0.25) is 5.02 Å². The molecule has 0 spiro atoms. The molecule has 0 aromatic heterocycles. The van der Waals surface area contributed by atoms with E-state index >= 15 is 0 Å². The van der Waals surface area contributed by atoms with Crippen LogP contribution in [0.25, 0.3) is 0 Å². The Labute approximate surface area is 176 Å². The average Bonchev–Trinajstić information content (AvgIpc) is 2.70. The van der Waals surface area contributed by atoms with Gasteiger partial charge in [-0.2, -0.15) is 0 Å². The number of carbonyl (C=O) groups excluding carboxylic acids is 1. The number of benzene rings is 3. The highest BCUT2D eigenvalue weighted by Crippen LogP contribution is 2.20. The molecule has 3 N–H and O–H groups in total. The van der Waals surface area contributed by atoms with Crippen LogP contribution in [0.1, 0.15) is 0 Å². The van der Waals surface area contributed by atoms with Gasteiger partial charge in [0.1, 0.15) is 0 Å². The van der Waals surface area contributed by atoms with Crippen molar-refractivity contribution in [1.29, 1.82) is 0 Å². The van der Waals surface area contributed by atoms with Crippen LogP contribution in [0.3, 0.4) is 0 Å². The van der Waals surface area contributed by atoms with Crippen molar-refractivity contribution in [2.24, 2.45) is 0 Å².